The van der Waals surface area contributed by atoms with Crippen molar-refractivity contribution in [3.05, 3.63) is 27.8 Å². The fraction of sp³-hybridized carbons (Fsp3) is 0.222. The van der Waals surface area contributed by atoms with E-state index < -0.39 is 16.0 Å². The molecule has 0 atom stereocenters. The molecule has 0 amide bonds. The third-order valence-electron chi connectivity index (χ3n) is 2.14. The van der Waals surface area contributed by atoms with E-state index in [1.165, 1.54) is 12.3 Å². The molecule has 0 aliphatic heterocycles. The number of sulfonamides is 1. The Morgan fingerprint density at radius 3 is 2.85 bits per heavy atom. The molecule has 2 N–H and O–H groups in total. The summed E-state index contributed by atoms with van der Waals surface area (Å²) in [6, 6.07) is 3.13. The number of aliphatic carboxylic acids is 1. The number of hydrogen-bond acceptors (Lipinski definition) is 6. The molecule has 0 aliphatic carbocycles. The Labute approximate surface area is 126 Å². The largest absolute Gasteiger partial charge is 0.480 e. The second kappa shape index (κ2) is 5.99. The van der Waals surface area contributed by atoms with Gasteiger partial charge < -0.3 is 5.11 Å². The number of carboxylic acid groups (broad SMARTS) is 1. The maximum absolute atomic E-state index is 11.9. The first-order valence-corrected chi connectivity index (χ1v) is 8.32. The zero-order valence-corrected chi connectivity index (χ0v) is 13.1. The molecule has 11 heteroatoms. The van der Waals surface area contributed by atoms with E-state index in [2.05, 4.69) is 31.0 Å². The molecule has 0 saturated heterocycles. The summed E-state index contributed by atoms with van der Waals surface area (Å²) < 4.78 is 28.3. The molecule has 0 radical (unpaired) electrons. The fourth-order valence-electron chi connectivity index (χ4n) is 1.32. The molecule has 8 nitrogen and oxygen atoms in total. The second-order valence-electron chi connectivity index (χ2n) is 3.68. The van der Waals surface area contributed by atoms with E-state index in [4.69, 9.17) is 5.11 Å². The number of carboxylic acids is 1. The van der Waals surface area contributed by atoms with E-state index in [1.807, 2.05) is 0 Å². The van der Waals surface area contributed by atoms with Gasteiger partial charge in [0.15, 0.2) is 0 Å². The summed E-state index contributed by atoms with van der Waals surface area (Å²) >= 11 is 4.28. The van der Waals surface area contributed by atoms with Crippen molar-refractivity contribution in [1.82, 2.24) is 19.7 Å². The molecule has 0 fully saturated rings. The van der Waals surface area contributed by atoms with Gasteiger partial charge in [-0.2, -0.15) is 0 Å². The van der Waals surface area contributed by atoms with Crippen molar-refractivity contribution in [1.29, 1.82) is 0 Å². The quantitative estimate of drug-likeness (QED) is 0.760. The van der Waals surface area contributed by atoms with Gasteiger partial charge in [-0.05, 0) is 28.1 Å². The highest BCUT2D eigenvalue weighted by Gasteiger charge is 2.17. The van der Waals surface area contributed by atoms with Crippen molar-refractivity contribution in [3.63, 3.8) is 0 Å². The SMILES string of the molecule is O=C(O)Cn1cc(CNS(=O)(=O)c2ccc(Br)s2)nn1. The average molecular weight is 381 g/mol. The minimum absolute atomic E-state index is 0.0581. The Morgan fingerprint density at radius 1 is 1.50 bits per heavy atom. The second-order valence-corrected chi connectivity index (χ2v) is 8.14. The predicted molar refractivity (Wildman–Crippen MR) is 73.7 cm³/mol. The van der Waals surface area contributed by atoms with Crippen LogP contribution in [0.25, 0.3) is 0 Å². The van der Waals surface area contributed by atoms with E-state index in [1.54, 1.807) is 6.07 Å². The number of nitrogens with one attached hydrogen (secondary N) is 1. The van der Waals surface area contributed by atoms with Crippen LogP contribution >= 0.6 is 27.3 Å². The van der Waals surface area contributed by atoms with Crippen molar-refractivity contribution in [2.75, 3.05) is 0 Å². The summed E-state index contributed by atoms with van der Waals surface area (Å²) in [7, 11) is -3.61. The van der Waals surface area contributed by atoms with E-state index >= 15 is 0 Å². The van der Waals surface area contributed by atoms with Crippen LogP contribution in [-0.2, 0) is 27.9 Å². The zero-order chi connectivity index (χ0) is 14.8. The summed E-state index contributed by atoms with van der Waals surface area (Å²) in [5.74, 6) is -1.05. The Morgan fingerprint density at radius 2 is 2.25 bits per heavy atom. The molecule has 2 aromatic heterocycles. The number of rotatable bonds is 6. The molecule has 108 valence electrons. The van der Waals surface area contributed by atoms with E-state index in [-0.39, 0.29) is 17.3 Å². The lowest BCUT2D eigenvalue weighted by atomic mass is 10.5. The molecule has 0 aliphatic rings. The smallest absolute Gasteiger partial charge is 0.325 e. The van der Waals surface area contributed by atoms with E-state index in [0.717, 1.165) is 16.0 Å². The standard InChI is InChI=1S/C9H9BrN4O4S2/c10-7-1-2-9(19-7)20(17,18)11-3-6-4-14(13-12-6)5-8(15)16/h1-2,4,11H,3,5H2,(H,15,16). The molecule has 2 aromatic rings. The summed E-state index contributed by atoms with van der Waals surface area (Å²) in [6.45, 7) is -0.380. The first-order valence-electron chi connectivity index (χ1n) is 5.22. The topological polar surface area (TPSA) is 114 Å². The van der Waals surface area contributed by atoms with Crippen LogP contribution in [0.1, 0.15) is 5.69 Å². The molecule has 0 unspecified atom stereocenters. The molecule has 0 spiro atoms. The van der Waals surface area contributed by atoms with E-state index in [0.29, 0.717) is 9.48 Å². The molecule has 0 bridgehead atoms. The van der Waals surface area contributed by atoms with Crippen LogP contribution in [0.15, 0.2) is 26.3 Å². The zero-order valence-electron chi connectivity index (χ0n) is 9.85. The Balaban J connectivity index is 2.01. The summed E-state index contributed by atoms with van der Waals surface area (Å²) in [6.07, 6.45) is 1.38. The molecular weight excluding hydrogens is 372 g/mol. The highest BCUT2D eigenvalue weighted by atomic mass is 79.9. The maximum atomic E-state index is 11.9. The Kier molecular flexibility index (Phi) is 4.52. The van der Waals surface area contributed by atoms with Crippen molar-refractivity contribution < 1.29 is 18.3 Å². The first kappa shape index (κ1) is 15.1. The van der Waals surface area contributed by atoms with Crippen LogP contribution in [0, 0.1) is 0 Å². The number of thiophene rings is 1. The van der Waals surface area contributed by atoms with Crippen molar-refractivity contribution in [2.45, 2.75) is 17.3 Å². The maximum Gasteiger partial charge on any atom is 0.325 e. The number of carbonyl (C=O) groups is 1. The molecular formula is C9H9BrN4O4S2. The van der Waals surface area contributed by atoms with Gasteiger partial charge in [-0.25, -0.2) is 17.8 Å². The predicted octanol–water partition coefficient (Wildman–Crippen LogP) is 0.665. The number of aromatic nitrogens is 3. The minimum Gasteiger partial charge on any atom is -0.480 e. The van der Waals surface area contributed by atoms with E-state index in [9.17, 15) is 13.2 Å². The monoisotopic (exact) mass is 380 g/mol. The van der Waals surface area contributed by atoms with Gasteiger partial charge in [-0.1, -0.05) is 5.21 Å². The van der Waals surface area contributed by atoms with Crippen LogP contribution in [0.2, 0.25) is 0 Å². The van der Waals surface area contributed by atoms with Crippen LogP contribution in [0.5, 0.6) is 0 Å². The average Bonchev–Trinajstić information content (AvgIpc) is 2.95. The van der Waals surface area contributed by atoms with Gasteiger partial charge in [0.1, 0.15) is 10.8 Å². The fourth-order valence-corrected chi connectivity index (χ4v) is 4.37. The summed E-state index contributed by atoms with van der Waals surface area (Å²) in [5, 5.41) is 15.9. The van der Waals surface area contributed by atoms with Gasteiger partial charge in [0.25, 0.3) is 0 Å². The highest BCUT2D eigenvalue weighted by molar-refractivity contribution is 9.11. The third kappa shape index (κ3) is 3.85. The third-order valence-corrected chi connectivity index (χ3v) is 5.66. The number of nitrogens with zero attached hydrogens (tertiary/aromatic N) is 3. The van der Waals surface area contributed by atoms with Gasteiger partial charge in [0.05, 0.1) is 22.2 Å². The van der Waals surface area contributed by atoms with Crippen molar-refractivity contribution >= 4 is 43.3 Å². The van der Waals surface area contributed by atoms with Crippen molar-refractivity contribution in [3.8, 4) is 0 Å². The van der Waals surface area contributed by atoms with Gasteiger partial charge in [0, 0.05) is 0 Å². The lowest BCUT2D eigenvalue weighted by Crippen LogP contribution is -2.22. The van der Waals surface area contributed by atoms with Crippen LogP contribution < -0.4 is 4.72 Å². The van der Waals surface area contributed by atoms with Gasteiger partial charge >= 0.3 is 5.97 Å². The summed E-state index contributed by atoms with van der Waals surface area (Å²) in [5.41, 5.74) is 0.338. The number of hydrogen-bond donors (Lipinski definition) is 2. The molecule has 0 aromatic carbocycles. The minimum atomic E-state index is -3.61. The highest BCUT2D eigenvalue weighted by Crippen LogP contribution is 2.25. The van der Waals surface area contributed by atoms with Gasteiger partial charge in [0.2, 0.25) is 10.0 Å². The van der Waals surface area contributed by atoms with Crippen LogP contribution in [-0.4, -0.2) is 34.5 Å². The number of halogens is 1. The van der Waals surface area contributed by atoms with Crippen LogP contribution in [0.3, 0.4) is 0 Å². The molecule has 0 saturated carbocycles. The lowest BCUT2D eigenvalue weighted by Gasteiger charge is -2.01. The Bertz CT molecular complexity index is 724. The molecule has 2 rings (SSSR count). The molecule has 2 heterocycles. The lowest BCUT2D eigenvalue weighted by molar-refractivity contribution is -0.137. The van der Waals surface area contributed by atoms with Crippen molar-refractivity contribution in [2.24, 2.45) is 0 Å². The van der Waals surface area contributed by atoms with Crippen LogP contribution in [0.4, 0.5) is 0 Å². The summed E-state index contributed by atoms with van der Waals surface area (Å²) in [4.78, 5) is 10.5. The Hall–Kier alpha value is -1.30. The van der Waals surface area contributed by atoms with Gasteiger partial charge in [-0.15, -0.1) is 16.4 Å². The normalized spacial score (nSPS) is 11.7. The first-order chi connectivity index (χ1) is 9.37. The molecule has 20 heavy (non-hydrogen) atoms. The van der Waals surface area contributed by atoms with Gasteiger partial charge in [-0.3, -0.25) is 4.79 Å².